The fourth-order valence-corrected chi connectivity index (χ4v) is 3.68. The Morgan fingerprint density at radius 2 is 0.971 bits per heavy atom. The smallest absolute Gasteiger partial charge is 0.246 e. The molecule has 2 aromatic carbocycles. The van der Waals surface area contributed by atoms with E-state index < -0.39 is 12.1 Å². The number of likely N-dealkylation sites (N-methyl/N-ethyl adjacent to an activating group) is 2. The van der Waals surface area contributed by atoms with E-state index in [1.165, 1.54) is 0 Å². The molecule has 10 heteroatoms. The first-order valence-electron chi connectivity index (χ1n) is 11.0. The predicted octanol–water partition coefficient (Wildman–Crippen LogP) is 3.26. The van der Waals surface area contributed by atoms with Crippen molar-refractivity contribution in [2.45, 2.75) is 24.9 Å². The molecular weight excluding hydrogens is 432 g/mol. The molecule has 10 nitrogen and oxygen atoms in total. The summed E-state index contributed by atoms with van der Waals surface area (Å²) in [6, 6.07) is 14.0. The van der Waals surface area contributed by atoms with Gasteiger partial charge in [0.1, 0.15) is 12.1 Å². The number of rotatable bonds is 8. The molecule has 0 spiro atoms. The SMILES string of the molecule is CN(C)/N=N/c1ccc(C[C@H]2C(=O)N(C)[C@@H](Cc3ccc(/N=N/N(C)C)cc3)C(=O)N2C)cc1. The summed E-state index contributed by atoms with van der Waals surface area (Å²) in [4.78, 5) is 29.5. The van der Waals surface area contributed by atoms with Crippen molar-refractivity contribution in [2.24, 2.45) is 20.7 Å². The quantitative estimate of drug-likeness (QED) is 0.442. The van der Waals surface area contributed by atoms with E-state index in [9.17, 15) is 9.59 Å². The third-order valence-electron chi connectivity index (χ3n) is 5.61. The zero-order valence-corrected chi connectivity index (χ0v) is 20.6. The van der Waals surface area contributed by atoms with E-state index in [4.69, 9.17) is 0 Å². The number of piperazine rings is 1. The van der Waals surface area contributed by atoms with Gasteiger partial charge in [0.05, 0.1) is 11.4 Å². The Labute approximate surface area is 200 Å². The molecule has 3 rings (SSSR count). The van der Waals surface area contributed by atoms with E-state index in [1.54, 1.807) is 62.1 Å². The molecule has 2 amide bonds. The van der Waals surface area contributed by atoms with Gasteiger partial charge in [-0.2, -0.15) is 0 Å². The summed E-state index contributed by atoms with van der Waals surface area (Å²) in [5.41, 5.74) is 3.36. The number of hydrogen-bond donors (Lipinski definition) is 0. The maximum absolute atomic E-state index is 13.2. The molecule has 180 valence electrons. The molecule has 0 aromatic heterocycles. The fraction of sp³-hybridized carbons (Fsp3) is 0.417. The summed E-state index contributed by atoms with van der Waals surface area (Å²) in [5, 5.41) is 19.4. The maximum Gasteiger partial charge on any atom is 0.246 e. The van der Waals surface area contributed by atoms with E-state index in [2.05, 4.69) is 20.7 Å². The van der Waals surface area contributed by atoms with Gasteiger partial charge in [-0.15, -0.1) is 10.2 Å². The van der Waals surface area contributed by atoms with Crippen molar-refractivity contribution in [3.8, 4) is 0 Å². The van der Waals surface area contributed by atoms with Crippen LogP contribution < -0.4 is 0 Å². The van der Waals surface area contributed by atoms with Crippen LogP contribution in [0.2, 0.25) is 0 Å². The lowest BCUT2D eigenvalue weighted by Crippen LogP contribution is -2.63. The van der Waals surface area contributed by atoms with Gasteiger partial charge in [0.15, 0.2) is 0 Å². The normalized spacial score (nSPS) is 18.9. The molecule has 0 radical (unpaired) electrons. The van der Waals surface area contributed by atoms with E-state index >= 15 is 0 Å². The summed E-state index contributed by atoms with van der Waals surface area (Å²) < 4.78 is 0. The highest BCUT2D eigenvalue weighted by atomic mass is 16.2. The Bertz CT molecular complexity index is 962. The first-order chi connectivity index (χ1) is 16.2. The number of carbonyl (C=O) groups is 2. The van der Waals surface area contributed by atoms with Crippen LogP contribution in [0.3, 0.4) is 0 Å². The minimum Gasteiger partial charge on any atom is -0.332 e. The molecule has 0 saturated carbocycles. The zero-order chi connectivity index (χ0) is 24.8. The zero-order valence-electron chi connectivity index (χ0n) is 20.6. The number of amides is 2. The lowest BCUT2D eigenvalue weighted by atomic mass is 9.95. The second kappa shape index (κ2) is 10.9. The lowest BCUT2D eigenvalue weighted by Gasteiger charge is -2.42. The monoisotopic (exact) mass is 464 g/mol. The molecule has 0 unspecified atom stereocenters. The Hall–Kier alpha value is -3.82. The average Bonchev–Trinajstić information content (AvgIpc) is 2.82. The first-order valence-corrected chi connectivity index (χ1v) is 11.0. The van der Waals surface area contributed by atoms with Gasteiger partial charge in [-0.3, -0.25) is 19.6 Å². The Morgan fingerprint density at radius 3 is 1.26 bits per heavy atom. The molecule has 0 aliphatic carbocycles. The van der Waals surface area contributed by atoms with Crippen LogP contribution in [0.15, 0.2) is 69.2 Å². The van der Waals surface area contributed by atoms with E-state index in [1.807, 2.05) is 48.5 Å². The van der Waals surface area contributed by atoms with Crippen LogP contribution in [-0.4, -0.2) is 86.0 Å². The van der Waals surface area contributed by atoms with Gasteiger partial charge >= 0.3 is 0 Å². The van der Waals surface area contributed by atoms with Crippen molar-refractivity contribution in [2.75, 3.05) is 42.3 Å². The van der Waals surface area contributed by atoms with Crippen molar-refractivity contribution >= 4 is 23.2 Å². The van der Waals surface area contributed by atoms with Crippen molar-refractivity contribution in [1.82, 2.24) is 19.8 Å². The molecule has 34 heavy (non-hydrogen) atoms. The van der Waals surface area contributed by atoms with Gasteiger partial charge in [-0.1, -0.05) is 34.7 Å². The third kappa shape index (κ3) is 6.15. The highest BCUT2D eigenvalue weighted by Crippen LogP contribution is 2.24. The lowest BCUT2D eigenvalue weighted by molar-refractivity contribution is -0.158. The topological polar surface area (TPSA) is 96.5 Å². The molecule has 1 aliphatic heterocycles. The number of hydrogen-bond acceptors (Lipinski definition) is 6. The molecule has 0 bridgehead atoms. The van der Waals surface area contributed by atoms with Crippen molar-refractivity contribution in [3.63, 3.8) is 0 Å². The second-order valence-electron chi connectivity index (χ2n) is 8.74. The Balaban J connectivity index is 1.67. The fourth-order valence-electron chi connectivity index (χ4n) is 3.68. The van der Waals surface area contributed by atoms with E-state index in [0.29, 0.717) is 12.8 Å². The largest absolute Gasteiger partial charge is 0.332 e. The standard InChI is InChI=1S/C24H32N8O2/c1-29(2)27-25-19-11-7-17(8-12-19)15-21-23(33)32(6)22(24(34)31(21)5)16-18-9-13-20(14-10-18)26-28-30(3)4/h7-14,21-22H,15-16H2,1-6H3/b27-25+,28-26+/t21-,22-/m0/s1. The van der Waals surface area contributed by atoms with Gasteiger partial charge in [-0.25, -0.2) is 0 Å². The van der Waals surface area contributed by atoms with Gasteiger partial charge in [-0.05, 0) is 35.4 Å². The van der Waals surface area contributed by atoms with Gasteiger partial charge in [0.2, 0.25) is 11.8 Å². The van der Waals surface area contributed by atoms with Crippen LogP contribution in [0.5, 0.6) is 0 Å². The molecule has 1 aliphatic rings. The number of nitrogens with zero attached hydrogens (tertiary/aromatic N) is 8. The molecule has 2 atom stereocenters. The summed E-state index contributed by atoms with van der Waals surface area (Å²) in [7, 11) is 10.6. The predicted molar refractivity (Wildman–Crippen MR) is 130 cm³/mol. The van der Waals surface area contributed by atoms with Crippen molar-refractivity contribution in [1.29, 1.82) is 0 Å². The minimum atomic E-state index is -0.545. The average molecular weight is 465 g/mol. The van der Waals surface area contributed by atoms with Crippen LogP contribution in [0.4, 0.5) is 11.4 Å². The van der Waals surface area contributed by atoms with Crippen molar-refractivity contribution < 1.29 is 9.59 Å². The summed E-state index contributed by atoms with van der Waals surface area (Å²) in [5.74, 6) is -0.139. The van der Waals surface area contributed by atoms with Gasteiger partial charge in [0.25, 0.3) is 0 Å². The summed E-state index contributed by atoms with van der Waals surface area (Å²) >= 11 is 0. The Kier molecular flexibility index (Phi) is 7.93. The van der Waals surface area contributed by atoms with Gasteiger partial charge < -0.3 is 9.80 Å². The number of carbonyl (C=O) groups excluding carboxylic acids is 2. The third-order valence-corrected chi connectivity index (χ3v) is 5.61. The first kappa shape index (κ1) is 24.8. The van der Waals surface area contributed by atoms with Crippen LogP contribution in [0.1, 0.15) is 11.1 Å². The molecule has 1 heterocycles. The van der Waals surface area contributed by atoms with Crippen LogP contribution in [-0.2, 0) is 22.4 Å². The number of benzene rings is 2. The highest BCUT2D eigenvalue weighted by Gasteiger charge is 2.42. The highest BCUT2D eigenvalue weighted by molar-refractivity contribution is 5.97. The molecule has 0 N–H and O–H groups in total. The minimum absolute atomic E-state index is 0.0696. The van der Waals surface area contributed by atoms with Crippen molar-refractivity contribution in [3.05, 3.63) is 59.7 Å². The molecule has 2 aromatic rings. The van der Waals surface area contributed by atoms with Crippen LogP contribution >= 0.6 is 0 Å². The second-order valence-corrected chi connectivity index (χ2v) is 8.74. The summed E-state index contributed by atoms with van der Waals surface area (Å²) in [6.45, 7) is 0. The van der Waals surface area contributed by atoms with E-state index in [0.717, 1.165) is 22.5 Å². The van der Waals surface area contributed by atoms with Crippen LogP contribution in [0.25, 0.3) is 0 Å². The van der Waals surface area contributed by atoms with Gasteiger partial charge in [0, 0.05) is 55.1 Å². The molecular formula is C24H32N8O2. The molecule has 1 saturated heterocycles. The van der Waals surface area contributed by atoms with Crippen LogP contribution in [0, 0.1) is 0 Å². The molecule has 1 fully saturated rings. The Morgan fingerprint density at radius 1 is 0.647 bits per heavy atom. The maximum atomic E-state index is 13.2. The van der Waals surface area contributed by atoms with E-state index in [-0.39, 0.29) is 11.8 Å². The summed E-state index contributed by atoms with van der Waals surface area (Å²) in [6.07, 6.45) is 0.879.